The second-order valence-electron chi connectivity index (χ2n) is 15.7. The number of piperidine rings is 2. The van der Waals surface area contributed by atoms with Gasteiger partial charge in [0.1, 0.15) is 11.5 Å². The van der Waals surface area contributed by atoms with Gasteiger partial charge in [-0.15, -0.1) is 22.7 Å². The predicted octanol–water partition coefficient (Wildman–Crippen LogP) is 11.2. The average Bonchev–Trinajstić information content (AvgIpc) is 3.75. The largest absolute Gasteiger partial charge is 0.493 e. The number of nitrogens with zero attached hydrogens (tertiary/aromatic N) is 8. The smallest absolute Gasteiger partial charge is 0.170 e. The van der Waals surface area contributed by atoms with Crippen LogP contribution in [0, 0.1) is 53.4 Å². The monoisotopic (exact) mass is 892 g/mol. The molecule has 2 saturated heterocycles. The van der Waals surface area contributed by atoms with E-state index in [4.69, 9.17) is 19.4 Å². The molecule has 2 fully saturated rings. The van der Waals surface area contributed by atoms with Crippen LogP contribution in [-0.4, -0.2) is 79.1 Å². The summed E-state index contributed by atoms with van der Waals surface area (Å²) in [6.07, 6.45) is 4.82. The Morgan fingerprint density at radius 1 is 0.567 bits per heavy atom. The third-order valence-corrected chi connectivity index (χ3v) is 12.7. The quantitative estimate of drug-likeness (QED) is 0.132. The van der Waals surface area contributed by atoms with E-state index in [2.05, 4.69) is 67.8 Å². The molecule has 0 aromatic carbocycles. The zero-order valence-corrected chi connectivity index (χ0v) is 38.8. The molecular weight excluding hydrogens is 825 g/mol. The molecule has 6 aromatic rings. The summed E-state index contributed by atoms with van der Waals surface area (Å²) in [6.45, 7) is 22.4. The summed E-state index contributed by atoms with van der Waals surface area (Å²) in [7, 11) is 0. The second-order valence-corrected chi connectivity index (χ2v) is 18.2. The van der Waals surface area contributed by atoms with Crippen molar-refractivity contribution in [3.05, 3.63) is 92.7 Å². The van der Waals surface area contributed by atoms with Crippen molar-refractivity contribution in [3.63, 3.8) is 0 Å². The number of aromatic nitrogens is 6. The molecule has 2 aliphatic heterocycles. The fraction of sp³-hybridized carbons (Fsp3) is 0.522. The van der Waals surface area contributed by atoms with E-state index in [1.807, 2.05) is 65.8 Å². The molecule has 0 radical (unpaired) electrons. The zero-order chi connectivity index (χ0) is 39.3. The molecule has 0 saturated carbocycles. The molecule has 0 N–H and O–H groups in total. The van der Waals surface area contributed by atoms with E-state index < -0.39 is 0 Å². The fourth-order valence-corrected chi connectivity index (χ4v) is 9.62. The topological polar surface area (TPSA) is 102 Å². The first kappa shape index (κ1) is 51.0. The van der Waals surface area contributed by atoms with Gasteiger partial charge in [-0.3, -0.25) is 19.8 Å². The number of hydrogen-bond acceptors (Lipinski definition) is 12. The maximum atomic E-state index is 6.11. The SMILES string of the molecule is C.C.Cc1cc(OC[C@H]2CCCN(C(C)c3ccc4sc(C)nc4n3)C2)cc(C)n1.Cc1cc(OC[C@H]2CCCN([C@@H](C)c3ccc4sc(C)nc4n3)C2)cc(C)n1.S.S. The molecule has 8 rings (SSSR count). The van der Waals surface area contributed by atoms with Gasteiger partial charge in [0.05, 0.1) is 44.0 Å². The van der Waals surface area contributed by atoms with E-state index in [0.717, 1.165) is 106 Å². The van der Waals surface area contributed by atoms with Crippen molar-refractivity contribution in [2.45, 2.75) is 108 Å². The van der Waals surface area contributed by atoms with E-state index in [9.17, 15) is 0 Å². The molecule has 8 heterocycles. The number of aryl methyl sites for hydroxylation is 6. The lowest BCUT2D eigenvalue weighted by Gasteiger charge is -2.36. The van der Waals surface area contributed by atoms with Crippen LogP contribution in [0.15, 0.2) is 48.5 Å². The second kappa shape index (κ2) is 23.2. The van der Waals surface area contributed by atoms with Gasteiger partial charge in [-0.05, 0) is 118 Å². The van der Waals surface area contributed by atoms with Crippen LogP contribution in [0.5, 0.6) is 11.5 Å². The van der Waals surface area contributed by atoms with E-state index in [0.29, 0.717) is 23.9 Å². The van der Waals surface area contributed by atoms with Crippen LogP contribution in [-0.2, 0) is 0 Å². The number of ether oxygens (including phenoxy) is 2. The molecule has 14 heteroatoms. The predicted molar refractivity (Wildman–Crippen MR) is 262 cm³/mol. The van der Waals surface area contributed by atoms with Crippen molar-refractivity contribution in [1.29, 1.82) is 0 Å². The van der Waals surface area contributed by atoms with Crippen LogP contribution >= 0.6 is 49.7 Å². The number of fused-ring (bicyclic) bond motifs is 2. The highest BCUT2D eigenvalue weighted by Crippen LogP contribution is 2.31. The van der Waals surface area contributed by atoms with Crippen LogP contribution in [0.1, 0.15) is 111 Å². The molecule has 328 valence electrons. The maximum absolute atomic E-state index is 6.11. The molecule has 2 aliphatic rings. The molecular formula is C46H68N8O2S4. The summed E-state index contributed by atoms with van der Waals surface area (Å²) in [5.41, 5.74) is 8.01. The summed E-state index contributed by atoms with van der Waals surface area (Å²) in [4.78, 5) is 32.7. The van der Waals surface area contributed by atoms with Gasteiger partial charge in [0.25, 0.3) is 0 Å². The Hall–Kier alpha value is -3.40. The number of hydrogen-bond donors (Lipinski definition) is 0. The molecule has 60 heavy (non-hydrogen) atoms. The molecule has 4 atom stereocenters. The van der Waals surface area contributed by atoms with Crippen molar-refractivity contribution in [3.8, 4) is 11.5 Å². The molecule has 6 aromatic heterocycles. The first-order valence-corrected chi connectivity index (χ1v) is 21.7. The Balaban J connectivity index is 0.000000300. The highest BCUT2D eigenvalue weighted by molar-refractivity contribution is 7.59. The maximum Gasteiger partial charge on any atom is 0.170 e. The van der Waals surface area contributed by atoms with Gasteiger partial charge in [-0.1, -0.05) is 14.9 Å². The summed E-state index contributed by atoms with van der Waals surface area (Å²) in [5.74, 6) is 2.94. The van der Waals surface area contributed by atoms with Crippen LogP contribution in [0.25, 0.3) is 20.7 Å². The van der Waals surface area contributed by atoms with Crippen molar-refractivity contribution in [2.75, 3.05) is 39.4 Å². The Kier molecular flexibility index (Phi) is 19.7. The minimum atomic E-state index is 0. The standard InChI is InChI=1S/2C22H28N4OS.2CH4.2H2S/c2*1-14-10-19(11-15(2)23-14)27-13-18-6-5-9-26(12-18)16(3)20-7-8-21-22(25-20)24-17(4)28-21;;;;/h2*7-8,10-11,16,18H,5-6,9,12-13H2,1-4H3;2*1H4;2*1H2/t16?,18-;16-,18-;;;;/m00..../s1. The highest BCUT2D eigenvalue weighted by atomic mass is 32.1. The molecule has 0 bridgehead atoms. The Labute approximate surface area is 380 Å². The number of likely N-dealkylation sites (tertiary alicyclic amines) is 2. The van der Waals surface area contributed by atoms with E-state index >= 15 is 0 Å². The van der Waals surface area contributed by atoms with Gasteiger partial charge in [0.2, 0.25) is 0 Å². The van der Waals surface area contributed by atoms with Crippen molar-refractivity contribution in [1.82, 2.24) is 39.7 Å². The van der Waals surface area contributed by atoms with Gasteiger partial charge in [-0.2, -0.15) is 27.0 Å². The third-order valence-electron chi connectivity index (χ3n) is 10.9. The van der Waals surface area contributed by atoms with Crippen molar-refractivity contribution >= 4 is 70.4 Å². The van der Waals surface area contributed by atoms with Gasteiger partial charge < -0.3 is 9.47 Å². The summed E-state index contributed by atoms with van der Waals surface area (Å²) >= 11 is 3.41. The van der Waals surface area contributed by atoms with E-state index in [1.165, 1.54) is 35.1 Å². The van der Waals surface area contributed by atoms with Gasteiger partial charge in [0, 0.05) is 84.1 Å². The zero-order valence-electron chi connectivity index (χ0n) is 35.2. The number of thiazole rings is 2. The highest BCUT2D eigenvalue weighted by Gasteiger charge is 2.27. The normalized spacial score (nSPS) is 17.8. The minimum Gasteiger partial charge on any atom is -0.493 e. The Morgan fingerprint density at radius 3 is 1.30 bits per heavy atom. The first-order chi connectivity index (χ1) is 26.9. The van der Waals surface area contributed by atoms with Crippen LogP contribution < -0.4 is 9.47 Å². The van der Waals surface area contributed by atoms with Crippen LogP contribution in [0.2, 0.25) is 0 Å². The number of rotatable bonds is 10. The Morgan fingerprint density at radius 2 is 0.933 bits per heavy atom. The van der Waals surface area contributed by atoms with Crippen molar-refractivity contribution < 1.29 is 9.47 Å². The summed E-state index contributed by atoms with van der Waals surface area (Å²) < 4.78 is 14.6. The average molecular weight is 893 g/mol. The van der Waals surface area contributed by atoms with Gasteiger partial charge in [-0.25, -0.2) is 19.9 Å². The lowest BCUT2D eigenvalue weighted by molar-refractivity contribution is 0.0992. The minimum absolute atomic E-state index is 0. The molecule has 0 spiro atoms. The lowest BCUT2D eigenvalue weighted by atomic mass is 9.97. The molecule has 0 amide bonds. The van der Waals surface area contributed by atoms with Crippen molar-refractivity contribution in [2.24, 2.45) is 11.8 Å². The molecule has 10 nitrogen and oxygen atoms in total. The van der Waals surface area contributed by atoms with Gasteiger partial charge in [0.15, 0.2) is 11.3 Å². The molecule has 1 unspecified atom stereocenters. The first-order valence-electron chi connectivity index (χ1n) is 20.1. The summed E-state index contributed by atoms with van der Waals surface area (Å²) in [5, 5.41) is 2.15. The third kappa shape index (κ3) is 13.3. The van der Waals surface area contributed by atoms with E-state index in [1.54, 1.807) is 22.7 Å². The number of pyridine rings is 4. The molecule has 0 aliphatic carbocycles. The lowest BCUT2D eigenvalue weighted by Crippen LogP contribution is -2.39. The summed E-state index contributed by atoms with van der Waals surface area (Å²) in [6, 6.07) is 17.3. The van der Waals surface area contributed by atoms with E-state index in [-0.39, 0.29) is 41.8 Å². The Bertz CT molecular complexity index is 2070. The fourth-order valence-electron chi connectivity index (χ4n) is 8.08. The van der Waals surface area contributed by atoms with Gasteiger partial charge >= 0.3 is 0 Å². The van der Waals surface area contributed by atoms with Crippen LogP contribution in [0.4, 0.5) is 0 Å². The van der Waals surface area contributed by atoms with Crippen LogP contribution in [0.3, 0.4) is 0 Å².